The summed E-state index contributed by atoms with van der Waals surface area (Å²) in [7, 11) is 0. The van der Waals surface area contributed by atoms with Gasteiger partial charge in [-0.3, -0.25) is 0 Å². The van der Waals surface area contributed by atoms with Crippen LogP contribution in [0.5, 0.6) is 0 Å². The molecule has 0 aliphatic heterocycles. The van der Waals surface area contributed by atoms with E-state index in [0.717, 1.165) is 0 Å². The van der Waals surface area contributed by atoms with Crippen LogP contribution in [0.1, 0.15) is 236 Å². The zero-order valence-electron chi connectivity index (χ0n) is 31.3. The van der Waals surface area contributed by atoms with Gasteiger partial charge in [-0.25, -0.2) is 0 Å². The molecule has 0 nitrogen and oxygen atoms in total. The third kappa shape index (κ3) is 25.6. The van der Waals surface area contributed by atoms with Crippen molar-refractivity contribution in [1.29, 1.82) is 0 Å². The van der Waals surface area contributed by atoms with Crippen LogP contribution in [-0.2, 0) is 25.7 Å². The average molecular weight is 737 g/mol. The topological polar surface area (TPSA) is 0 Å². The van der Waals surface area contributed by atoms with E-state index < -0.39 is 0 Å². The first-order valence-corrected chi connectivity index (χ1v) is 22.5. The number of unbranched alkanes of at least 4 members (excludes halogenated alkanes) is 27. The maximum absolute atomic E-state index is 2.65. The molecule has 0 atom stereocenters. The summed E-state index contributed by atoms with van der Waals surface area (Å²) in [4.78, 5) is 0. The SMILES string of the molecule is CCCCCCCCCCCCc1cc(CCI)cc(CCCCCCCCCCCC)c1CCCCCCCCCCCC. The lowest BCUT2D eigenvalue weighted by atomic mass is 9.87. The molecule has 1 aromatic carbocycles. The van der Waals surface area contributed by atoms with Crippen molar-refractivity contribution in [1.82, 2.24) is 0 Å². The minimum atomic E-state index is 1.24. The van der Waals surface area contributed by atoms with E-state index in [1.54, 1.807) is 22.3 Å². The Bertz CT molecular complexity index is 691. The first-order chi connectivity index (χ1) is 22.3. The van der Waals surface area contributed by atoms with Gasteiger partial charge < -0.3 is 0 Å². The second-order valence-corrected chi connectivity index (χ2v) is 15.7. The van der Waals surface area contributed by atoms with E-state index in [1.165, 1.54) is 223 Å². The Kier molecular flexibility index (Phi) is 32.3. The first-order valence-electron chi connectivity index (χ1n) is 21.0. The Morgan fingerprint density at radius 3 is 0.889 bits per heavy atom. The fraction of sp³-hybridized carbons (Fsp3) is 0.864. The molecule has 0 aliphatic carbocycles. The van der Waals surface area contributed by atoms with Gasteiger partial charge >= 0.3 is 0 Å². The molecule has 0 spiro atoms. The van der Waals surface area contributed by atoms with Crippen molar-refractivity contribution in [3.63, 3.8) is 0 Å². The zero-order chi connectivity index (χ0) is 32.5. The van der Waals surface area contributed by atoms with Gasteiger partial charge in [-0.2, -0.15) is 0 Å². The van der Waals surface area contributed by atoms with E-state index >= 15 is 0 Å². The van der Waals surface area contributed by atoms with Gasteiger partial charge in [0, 0.05) is 4.43 Å². The highest BCUT2D eigenvalue weighted by Gasteiger charge is 2.12. The monoisotopic (exact) mass is 737 g/mol. The van der Waals surface area contributed by atoms with Crippen LogP contribution < -0.4 is 0 Å². The molecule has 0 N–H and O–H groups in total. The largest absolute Gasteiger partial charge is 0.0860 e. The number of aryl methyl sites for hydroxylation is 3. The summed E-state index contributed by atoms with van der Waals surface area (Å²) in [5.74, 6) is 0. The highest BCUT2D eigenvalue weighted by atomic mass is 127. The van der Waals surface area contributed by atoms with E-state index in [1.807, 2.05) is 0 Å². The molecular formula is C44H81I. The van der Waals surface area contributed by atoms with Gasteiger partial charge in [-0.1, -0.05) is 229 Å². The number of rotatable bonds is 35. The van der Waals surface area contributed by atoms with Crippen molar-refractivity contribution in [2.45, 2.75) is 239 Å². The predicted octanol–water partition coefficient (Wildman–Crippen LogP) is 16.1. The third-order valence-electron chi connectivity index (χ3n) is 10.3. The molecule has 0 saturated heterocycles. The quantitative estimate of drug-likeness (QED) is 0.0370. The Hall–Kier alpha value is -0.0500. The smallest absolute Gasteiger partial charge is 0.00358 e. The van der Waals surface area contributed by atoms with Crippen molar-refractivity contribution in [2.24, 2.45) is 0 Å². The normalized spacial score (nSPS) is 11.6. The van der Waals surface area contributed by atoms with Gasteiger partial charge in [0.25, 0.3) is 0 Å². The van der Waals surface area contributed by atoms with Gasteiger partial charge in [0.1, 0.15) is 0 Å². The standard InChI is InChI=1S/C44H81I/c1-4-7-10-13-16-19-22-25-28-31-34-42-39-41(37-38-45)40-43(35-32-29-26-23-20-17-14-11-8-5-2)44(42)36-33-30-27-24-21-18-15-12-9-6-3/h39-40H,4-38H2,1-3H3. The lowest BCUT2D eigenvalue weighted by molar-refractivity contribution is 0.551. The summed E-state index contributed by atoms with van der Waals surface area (Å²) in [5.41, 5.74) is 6.91. The summed E-state index contributed by atoms with van der Waals surface area (Å²) in [5, 5.41) is 0. The highest BCUT2D eigenvalue weighted by Crippen LogP contribution is 2.26. The van der Waals surface area contributed by atoms with E-state index in [2.05, 4.69) is 55.5 Å². The van der Waals surface area contributed by atoms with Gasteiger partial charge in [0.2, 0.25) is 0 Å². The molecule has 264 valence electrons. The van der Waals surface area contributed by atoms with Crippen LogP contribution in [0.3, 0.4) is 0 Å². The molecule has 0 bridgehead atoms. The summed E-state index contributed by atoms with van der Waals surface area (Å²) >= 11 is 2.59. The van der Waals surface area contributed by atoms with Crippen molar-refractivity contribution in [3.05, 3.63) is 34.4 Å². The maximum atomic E-state index is 2.65. The van der Waals surface area contributed by atoms with Crippen molar-refractivity contribution < 1.29 is 0 Å². The zero-order valence-corrected chi connectivity index (χ0v) is 33.4. The molecule has 1 heteroatoms. The first kappa shape index (κ1) is 43.0. The van der Waals surface area contributed by atoms with Crippen LogP contribution in [0.25, 0.3) is 0 Å². The Morgan fingerprint density at radius 2 is 0.600 bits per heavy atom. The van der Waals surface area contributed by atoms with Crippen molar-refractivity contribution >= 4 is 22.6 Å². The van der Waals surface area contributed by atoms with E-state index in [4.69, 9.17) is 0 Å². The van der Waals surface area contributed by atoms with Crippen LogP contribution in [0.2, 0.25) is 0 Å². The molecule has 0 aliphatic rings. The maximum Gasteiger partial charge on any atom is 0.00358 e. The average Bonchev–Trinajstić information content (AvgIpc) is 3.04. The number of hydrogen-bond donors (Lipinski definition) is 0. The van der Waals surface area contributed by atoms with Crippen LogP contribution in [0, 0.1) is 0 Å². The molecule has 0 saturated carbocycles. The lowest BCUT2D eigenvalue weighted by Gasteiger charge is -2.18. The molecule has 0 amide bonds. The van der Waals surface area contributed by atoms with E-state index in [9.17, 15) is 0 Å². The Labute approximate surface area is 299 Å². The summed E-state index contributed by atoms with van der Waals surface area (Å²) in [6.07, 6.45) is 48.3. The summed E-state index contributed by atoms with van der Waals surface area (Å²) in [6.45, 7) is 6.96. The second kappa shape index (κ2) is 33.8. The fourth-order valence-electron chi connectivity index (χ4n) is 7.29. The summed E-state index contributed by atoms with van der Waals surface area (Å²) < 4.78 is 1.24. The van der Waals surface area contributed by atoms with Crippen molar-refractivity contribution in [2.75, 3.05) is 4.43 Å². The molecule has 0 unspecified atom stereocenters. The second-order valence-electron chi connectivity index (χ2n) is 14.6. The Balaban J connectivity index is 2.63. The minimum absolute atomic E-state index is 1.24. The number of benzene rings is 1. The molecule has 0 aromatic heterocycles. The van der Waals surface area contributed by atoms with Crippen molar-refractivity contribution in [3.8, 4) is 0 Å². The fourth-order valence-corrected chi connectivity index (χ4v) is 7.91. The minimum Gasteiger partial charge on any atom is -0.0860 e. The number of alkyl halides is 1. The van der Waals surface area contributed by atoms with E-state index in [-0.39, 0.29) is 0 Å². The molecular weight excluding hydrogens is 655 g/mol. The van der Waals surface area contributed by atoms with Crippen LogP contribution in [0.4, 0.5) is 0 Å². The Morgan fingerprint density at radius 1 is 0.333 bits per heavy atom. The molecule has 1 aromatic rings. The van der Waals surface area contributed by atoms with Gasteiger partial charge in [0.15, 0.2) is 0 Å². The van der Waals surface area contributed by atoms with Crippen LogP contribution in [0.15, 0.2) is 12.1 Å². The molecule has 0 radical (unpaired) electrons. The molecule has 0 heterocycles. The number of hydrogen-bond acceptors (Lipinski definition) is 0. The highest BCUT2D eigenvalue weighted by molar-refractivity contribution is 14.1. The van der Waals surface area contributed by atoms with Crippen LogP contribution in [-0.4, -0.2) is 4.43 Å². The summed E-state index contributed by atoms with van der Waals surface area (Å²) in [6, 6.07) is 5.31. The molecule has 1 rings (SSSR count). The third-order valence-corrected chi connectivity index (χ3v) is 10.8. The van der Waals surface area contributed by atoms with Gasteiger partial charge in [-0.15, -0.1) is 0 Å². The lowest BCUT2D eigenvalue weighted by Crippen LogP contribution is -2.05. The van der Waals surface area contributed by atoms with E-state index in [0.29, 0.717) is 0 Å². The van der Waals surface area contributed by atoms with Gasteiger partial charge in [0.05, 0.1) is 0 Å². The number of halogens is 1. The van der Waals surface area contributed by atoms with Gasteiger partial charge in [-0.05, 0) is 67.2 Å². The molecule has 0 fully saturated rings. The van der Waals surface area contributed by atoms with Crippen LogP contribution >= 0.6 is 22.6 Å². The predicted molar refractivity (Wildman–Crippen MR) is 216 cm³/mol. The molecule has 45 heavy (non-hydrogen) atoms.